The SMILES string of the molecule is OCc1cccc(CNc2cc([C@@H]3CCOC3)ncn2)c1. The maximum Gasteiger partial charge on any atom is 0.129 e. The first-order chi connectivity index (χ1) is 10.3. The van der Waals surface area contributed by atoms with Crippen LogP contribution in [0.1, 0.15) is 29.2 Å². The number of aliphatic hydroxyl groups excluding tert-OH is 1. The highest BCUT2D eigenvalue weighted by molar-refractivity contribution is 5.37. The molecule has 1 saturated heterocycles. The Balaban J connectivity index is 1.65. The van der Waals surface area contributed by atoms with Crippen molar-refractivity contribution in [3.63, 3.8) is 0 Å². The Hall–Kier alpha value is -1.98. The van der Waals surface area contributed by atoms with Gasteiger partial charge >= 0.3 is 0 Å². The van der Waals surface area contributed by atoms with Crippen LogP contribution in [0.4, 0.5) is 5.82 Å². The molecule has 2 heterocycles. The number of anilines is 1. The molecule has 110 valence electrons. The number of benzene rings is 1. The normalized spacial score (nSPS) is 17.9. The number of aromatic nitrogens is 2. The summed E-state index contributed by atoms with van der Waals surface area (Å²) in [6.07, 6.45) is 2.62. The predicted octanol–water partition coefficient (Wildman–Crippen LogP) is 2.08. The van der Waals surface area contributed by atoms with Crippen molar-refractivity contribution in [2.45, 2.75) is 25.5 Å². The molecular formula is C16H19N3O2. The molecule has 0 amide bonds. The van der Waals surface area contributed by atoms with Crippen LogP contribution in [0.2, 0.25) is 0 Å². The van der Waals surface area contributed by atoms with E-state index in [1.807, 2.05) is 30.3 Å². The van der Waals surface area contributed by atoms with Gasteiger partial charge in [-0.15, -0.1) is 0 Å². The van der Waals surface area contributed by atoms with Gasteiger partial charge in [0.2, 0.25) is 0 Å². The molecule has 0 aliphatic carbocycles. The van der Waals surface area contributed by atoms with Gasteiger partial charge in [0.1, 0.15) is 12.1 Å². The van der Waals surface area contributed by atoms with Gasteiger partial charge in [0, 0.05) is 25.1 Å². The van der Waals surface area contributed by atoms with Gasteiger partial charge in [-0.1, -0.05) is 24.3 Å². The molecule has 3 rings (SSSR count). The molecule has 1 fully saturated rings. The predicted molar refractivity (Wildman–Crippen MR) is 79.9 cm³/mol. The standard InChI is InChI=1S/C16H19N3O2/c20-9-13-3-1-2-12(6-13)8-17-16-7-15(18-11-19-16)14-4-5-21-10-14/h1-3,6-7,11,14,20H,4-5,8-10H2,(H,17,18,19)/t14-/m1/s1. The molecule has 1 aromatic carbocycles. The smallest absolute Gasteiger partial charge is 0.129 e. The van der Waals surface area contributed by atoms with Gasteiger partial charge in [-0.2, -0.15) is 0 Å². The van der Waals surface area contributed by atoms with Crippen LogP contribution in [0.5, 0.6) is 0 Å². The quantitative estimate of drug-likeness (QED) is 0.880. The molecule has 1 aliphatic rings. The Morgan fingerprint density at radius 1 is 1.24 bits per heavy atom. The van der Waals surface area contributed by atoms with Gasteiger partial charge < -0.3 is 15.2 Å². The van der Waals surface area contributed by atoms with Gasteiger partial charge in [-0.25, -0.2) is 9.97 Å². The van der Waals surface area contributed by atoms with Crippen LogP contribution in [0.15, 0.2) is 36.7 Å². The zero-order valence-corrected chi connectivity index (χ0v) is 11.8. The van der Waals surface area contributed by atoms with Crippen molar-refractivity contribution in [1.29, 1.82) is 0 Å². The minimum Gasteiger partial charge on any atom is -0.392 e. The number of hydrogen-bond acceptors (Lipinski definition) is 5. The van der Waals surface area contributed by atoms with Crippen LogP contribution in [-0.4, -0.2) is 28.3 Å². The third-order valence-corrected chi connectivity index (χ3v) is 3.68. The molecule has 5 heteroatoms. The molecule has 2 aromatic rings. The van der Waals surface area contributed by atoms with Gasteiger partial charge in [-0.3, -0.25) is 0 Å². The molecule has 0 unspecified atom stereocenters. The van der Waals surface area contributed by atoms with E-state index in [4.69, 9.17) is 9.84 Å². The molecule has 0 bridgehead atoms. The fourth-order valence-electron chi connectivity index (χ4n) is 2.49. The van der Waals surface area contributed by atoms with E-state index in [-0.39, 0.29) is 6.61 Å². The van der Waals surface area contributed by atoms with Gasteiger partial charge in [0.25, 0.3) is 0 Å². The second-order valence-corrected chi connectivity index (χ2v) is 5.22. The maximum atomic E-state index is 9.15. The molecule has 5 nitrogen and oxygen atoms in total. The minimum atomic E-state index is 0.0627. The lowest BCUT2D eigenvalue weighted by Gasteiger charge is -2.10. The lowest BCUT2D eigenvalue weighted by molar-refractivity contribution is 0.193. The van der Waals surface area contributed by atoms with Crippen molar-refractivity contribution in [1.82, 2.24) is 9.97 Å². The fraction of sp³-hybridized carbons (Fsp3) is 0.375. The van der Waals surface area contributed by atoms with Crippen molar-refractivity contribution in [3.8, 4) is 0 Å². The maximum absolute atomic E-state index is 9.15. The molecule has 21 heavy (non-hydrogen) atoms. The zero-order valence-electron chi connectivity index (χ0n) is 11.8. The number of aliphatic hydroxyl groups is 1. The van der Waals surface area contributed by atoms with Gasteiger partial charge in [0.05, 0.1) is 18.9 Å². The number of rotatable bonds is 5. The highest BCUT2D eigenvalue weighted by Crippen LogP contribution is 2.24. The lowest BCUT2D eigenvalue weighted by atomic mass is 10.0. The lowest BCUT2D eigenvalue weighted by Crippen LogP contribution is -2.06. The average molecular weight is 285 g/mol. The molecule has 1 aliphatic heterocycles. The topological polar surface area (TPSA) is 67.3 Å². The van der Waals surface area contributed by atoms with E-state index in [2.05, 4.69) is 15.3 Å². The van der Waals surface area contributed by atoms with E-state index >= 15 is 0 Å². The molecule has 2 N–H and O–H groups in total. The Labute approximate surface area is 124 Å². The summed E-state index contributed by atoms with van der Waals surface area (Å²) in [5.74, 6) is 1.20. The van der Waals surface area contributed by atoms with Crippen molar-refractivity contribution < 1.29 is 9.84 Å². The van der Waals surface area contributed by atoms with E-state index in [1.54, 1.807) is 6.33 Å². The van der Waals surface area contributed by atoms with Crippen molar-refractivity contribution in [2.75, 3.05) is 18.5 Å². The number of ether oxygens (including phenoxy) is 1. The number of nitrogens with one attached hydrogen (secondary N) is 1. The molecule has 0 saturated carbocycles. The van der Waals surface area contributed by atoms with Crippen LogP contribution in [0.3, 0.4) is 0 Å². The first-order valence-corrected chi connectivity index (χ1v) is 7.17. The van der Waals surface area contributed by atoms with Crippen LogP contribution < -0.4 is 5.32 Å². The zero-order chi connectivity index (χ0) is 14.5. The van der Waals surface area contributed by atoms with Crippen LogP contribution in [-0.2, 0) is 17.9 Å². The Bertz CT molecular complexity index is 598. The summed E-state index contributed by atoms with van der Waals surface area (Å²) < 4.78 is 5.40. The van der Waals surface area contributed by atoms with Gasteiger partial charge in [-0.05, 0) is 17.5 Å². The second-order valence-electron chi connectivity index (χ2n) is 5.22. The largest absolute Gasteiger partial charge is 0.392 e. The van der Waals surface area contributed by atoms with Gasteiger partial charge in [0.15, 0.2) is 0 Å². The van der Waals surface area contributed by atoms with Crippen molar-refractivity contribution >= 4 is 5.82 Å². The summed E-state index contributed by atoms with van der Waals surface area (Å²) in [6.45, 7) is 2.29. The van der Waals surface area contributed by atoms with Crippen LogP contribution in [0.25, 0.3) is 0 Å². The van der Waals surface area contributed by atoms with Crippen molar-refractivity contribution in [2.24, 2.45) is 0 Å². The highest BCUT2D eigenvalue weighted by atomic mass is 16.5. The average Bonchev–Trinajstić information content (AvgIpc) is 3.08. The Kier molecular flexibility index (Phi) is 4.43. The monoisotopic (exact) mass is 285 g/mol. The van der Waals surface area contributed by atoms with Crippen molar-refractivity contribution in [3.05, 3.63) is 53.5 Å². The minimum absolute atomic E-state index is 0.0627. The summed E-state index contributed by atoms with van der Waals surface area (Å²) >= 11 is 0. The molecule has 0 spiro atoms. The number of nitrogens with zero attached hydrogens (tertiary/aromatic N) is 2. The summed E-state index contributed by atoms with van der Waals surface area (Å²) in [6, 6.07) is 9.87. The van der Waals surface area contributed by atoms with Crippen LogP contribution >= 0.6 is 0 Å². The summed E-state index contributed by atoms with van der Waals surface area (Å²) in [5, 5.41) is 12.5. The van der Waals surface area contributed by atoms with E-state index < -0.39 is 0 Å². The molecule has 0 radical (unpaired) electrons. The summed E-state index contributed by atoms with van der Waals surface area (Å²) in [5.41, 5.74) is 3.07. The highest BCUT2D eigenvalue weighted by Gasteiger charge is 2.19. The van der Waals surface area contributed by atoms with E-state index in [0.29, 0.717) is 12.5 Å². The summed E-state index contributed by atoms with van der Waals surface area (Å²) in [7, 11) is 0. The third kappa shape index (κ3) is 3.56. The van der Waals surface area contributed by atoms with Crippen LogP contribution in [0, 0.1) is 0 Å². The molecular weight excluding hydrogens is 266 g/mol. The summed E-state index contributed by atoms with van der Waals surface area (Å²) in [4.78, 5) is 8.60. The third-order valence-electron chi connectivity index (χ3n) is 3.68. The molecule has 1 aromatic heterocycles. The Morgan fingerprint density at radius 2 is 2.14 bits per heavy atom. The fourth-order valence-corrected chi connectivity index (χ4v) is 2.49. The first-order valence-electron chi connectivity index (χ1n) is 7.17. The first kappa shape index (κ1) is 14.0. The van der Waals surface area contributed by atoms with E-state index in [0.717, 1.165) is 42.3 Å². The molecule has 1 atom stereocenters. The number of hydrogen-bond donors (Lipinski definition) is 2. The van der Waals surface area contributed by atoms with E-state index in [9.17, 15) is 0 Å². The Morgan fingerprint density at radius 3 is 2.95 bits per heavy atom. The second kappa shape index (κ2) is 6.65. The van der Waals surface area contributed by atoms with E-state index in [1.165, 1.54) is 0 Å².